The first-order chi connectivity index (χ1) is 15.5. The van der Waals surface area contributed by atoms with Gasteiger partial charge in [0.25, 0.3) is 11.6 Å². The Bertz CT molecular complexity index is 957. The van der Waals surface area contributed by atoms with Gasteiger partial charge in [0.2, 0.25) is 0 Å². The lowest BCUT2D eigenvalue weighted by Crippen LogP contribution is -2.43. The van der Waals surface area contributed by atoms with Gasteiger partial charge in [-0.1, -0.05) is 12.1 Å². The summed E-state index contributed by atoms with van der Waals surface area (Å²) in [4.78, 5) is 28.3. The van der Waals surface area contributed by atoms with Gasteiger partial charge in [-0.2, -0.15) is 0 Å². The molecule has 0 spiro atoms. The van der Waals surface area contributed by atoms with E-state index in [1.165, 1.54) is 18.2 Å². The van der Waals surface area contributed by atoms with E-state index in [1.54, 1.807) is 24.3 Å². The largest absolute Gasteiger partial charge is 0.379 e. The lowest BCUT2D eigenvalue weighted by molar-refractivity contribution is -0.384. The Morgan fingerprint density at radius 3 is 2.44 bits per heavy atom. The molecule has 170 valence electrons. The molecule has 8 nitrogen and oxygen atoms in total. The first-order valence-corrected chi connectivity index (χ1v) is 10.9. The summed E-state index contributed by atoms with van der Waals surface area (Å²) in [7, 11) is 0. The normalized spacial score (nSPS) is 17.8. The minimum absolute atomic E-state index is 0.0530. The minimum atomic E-state index is -0.431. The molecular weight excluding hydrogens is 415 g/mol. The molecule has 2 aromatic rings. The number of nitrogens with zero attached hydrogens (tertiary/aromatic N) is 3. The van der Waals surface area contributed by atoms with Crippen molar-refractivity contribution < 1.29 is 18.8 Å². The number of amides is 1. The molecule has 32 heavy (non-hydrogen) atoms. The van der Waals surface area contributed by atoms with Gasteiger partial charge in [0.15, 0.2) is 0 Å². The number of benzene rings is 2. The highest BCUT2D eigenvalue weighted by molar-refractivity contribution is 5.95. The molecule has 2 aliphatic heterocycles. The number of carbonyl (C=O) groups is 1. The van der Waals surface area contributed by atoms with Crippen molar-refractivity contribution in [3.63, 3.8) is 0 Å². The smallest absolute Gasteiger partial charge is 0.293 e. The number of hydrogen-bond acceptors (Lipinski definition) is 6. The predicted octanol–water partition coefficient (Wildman–Crippen LogP) is 3.14. The first kappa shape index (κ1) is 22.2. The lowest BCUT2D eigenvalue weighted by Gasteiger charge is -2.35. The van der Waals surface area contributed by atoms with E-state index in [9.17, 15) is 19.3 Å². The zero-order valence-electron chi connectivity index (χ0n) is 17.8. The molecular formula is C23H27FN4O4. The van der Waals surface area contributed by atoms with E-state index < -0.39 is 4.92 Å². The third-order valence-corrected chi connectivity index (χ3v) is 6.08. The number of morpholine rings is 1. The monoisotopic (exact) mass is 442 g/mol. The van der Waals surface area contributed by atoms with Crippen LogP contribution in [0.1, 0.15) is 34.8 Å². The van der Waals surface area contributed by atoms with Gasteiger partial charge in [0, 0.05) is 44.4 Å². The van der Waals surface area contributed by atoms with Crippen LogP contribution in [0, 0.1) is 15.9 Å². The Kier molecular flexibility index (Phi) is 6.96. The van der Waals surface area contributed by atoms with E-state index in [0.29, 0.717) is 38.5 Å². The topological polar surface area (TPSA) is 88.0 Å². The second-order valence-electron chi connectivity index (χ2n) is 8.08. The predicted molar refractivity (Wildman–Crippen MR) is 118 cm³/mol. The minimum Gasteiger partial charge on any atom is -0.379 e. The van der Waals surface area contributed by atoms with Crippen LogP contribution in [0.2, 0.25) is 0 Å². The summed E-state index contributed by atoms with van der Waals surface area (Å²) in [5.41, 5.74) is 1.65. The van der Waals surface area contributed by atoms with E-state index >= 15 is 0 Å². The summed E-state index contributed by atoms with van der Waals surface area (Å²) < 4.78 is 18.8. The van der Waals surface area contributed by atoms with Crippen LogP contribution in [0.3, 0.4) is 0 Å². The van der Waals surface area contributed by atoms with Gasteiger partial charge in [-0.05, 0) is 42.7 Å². The third-order valence-electron chi connectivity index (χ3n) is 6.08. The summed E-state index contributed by atoms with van der Waals surface area (Å²) in [6, 6.07) is 10.8. The van der Waals surface area contributed by atoms with Crippen LogP contribution in [-0.2, 0) is 4.74 Å². The molecule has 0 aliphatic carbocycles. The Balaban J connectivity index is 1.50. The average molecular weight is 442 g/mol. The number of ether oxygens (including phenoxy) is 1. The van der Waals surface area contributed by atoms with Crippen LogP contribution in [0.25, 0.3) is 0 Å². The number of halogens is 1. The average Bonchev–Trinajstić information content (AvgIpc) is 3.35. The molecule has 9 heteroatoms. The fraction of sp³-hybridized carbons (Fsp3) is 0.435. The summed E-state index contributed by atoms with van der Waals surface area (Å²) in [5.74, 6) is -0.689. The summed E-state index contributed by atoms with van der Waals surface area (Å²) >= 11 is 0. The lowest BCUT2D eigenvalue weighted by atomic mass is 10.0. The van der Waals surface area contributed by atoms with Gasteiger partial charge in [0.1, 0.15) is 11.5 Å². The Labute approximate surface area is 186 Å². The zero-order chi connectivity index (χ0) is 22.5. The molecule has 1 amide bonds. The van der Waals surface area contributed by atoms with Crippen molar-refractivity contribution in [3.05, 3.63) is 69.5 Å². The van der Waals surface area contributed by atoms with Crippen molar-refractivity contribution >= 4 is 17.3 Å². The molecule has 1 atom stereocenters. The van der Waals surface area contributed by atoms with Crippen molar-refractivity contribution in [3.8, 4) is 0 Å². The summed E-state index contributed by atoms with van der Waals surface area (Å²) in [6.45, 7) is 4.45. The van der Waals surface area contributed by atoms with Gasteiger partial charge in [-0.3, -0.25) is 19.8 Å². The highest BCUT2D eigenvalue weighted by Gasteiger charge is 2.26. The van der Waals surface area contributed by atoms with Gasteiger partial charge in [0.05, 0.1) is 24.2 Å². The molecule has 2 saturated heterocycles. The molecule has 0 bridgehead atoms. The van der Waals surface area contributed by atoms with Gasteiger partial charge >= 0.3 is 0 Å². The standard InChI is InChI=1S/C23H27FN4O4/c24-19-6-3-17(4-7-19)22(27-11-13-32-14-12-27)16-25-23(29)18-5-8-20(21(15-18)28(30)31)26-9-1-2-10-26/h3-8,15,22H,1-2,9-14,16H2,(H,25,29)/t22-/m0/s1. The van der Waals surface area contributed by atoms with Crippen LogP contribution in [0.15, 0.2) is 42.5 Å². The molecule has 4 rings (SSSR count). The number of carbonyl (C=O) groups excluding carboxylic acids is 1. The van der Waals surface area contributed by atoms with E-state index in [0.717, 1.165) is 31.5 Å². The van der Waals surface area contributed by atoms with E-state index in [1.807, 2.05) is 4.90 Å². The molecule has 0 aromatic heterocycles. The zero-order valence-corrected chi connectivity index (χ0v) is 17.8. The van der Waals surface area contributed by atoms with Gasteiger partial charge in [-0.25, -0.2) is 4.39 Å². The van der Waals surface area contributed by atoms with Crippen molar-refractivity contribution in [2.75, 3.05) is 50.8 Å². The highest BCUT2D eigenvalue weighted by Crippen LogP contribution is 2.31. The second kappa shape index (κ2) is 10.1. The number of hydrogen-bond donors (Lipinski definition) is 1. The van der Waals surface area contributed by atoms with Crippen molar-refractivity contribution in [2.45, 2.75) is 18.9 Å². The molecule has 2 heterocycles. The number of nitrogens with one attached hydrogen (secondary N) is 1. The Morgan fingerprint density at radius 1 is 1.09 bits per heavy atom. The maximum absolute atomic E-state index is 13.4. The van der Waals surface area contributed by atoms with Crippen LogP contribution in [-0.4, -0.2) is 61.7 Å². The molecule has 2 aliphatic rings. The third kappa shape index (κ3) is 5.05. The number of nitro groups is 1. The maximum Gasteiger partial charge on any atom is 0.293 e. The second-order valence-corrected chi connectivity index (χ2v) is 8.08. The van der Waals surface area contributed by atoms with E-state index in [4.69, 9.17) is 4.74 Å². The number of rotatable bonds is 7. The van der Waals surface area contributed by atoms with Crippen LogP contribution >= 0.6 is 0 Å². The van der Waals surface area contributed by atoms with Gasteiger partial charge in [-0.15, -0.1) is 0 Å². The Morgan fingerprint density at radius 2 is 1.78 bits per heavy atom. The maximum atomic E-state index is 13.4. The summed E-state index contributed by atoms with van der Waals surface area (Å²) in [6.07, 6.45) is 2.01. The number of nitro benzene ring substituents is 1. The Hall–Kier alpha value is -3.04. The van der Waals surface area contributed by atoms with Gasteiger partial charge < -0.3 is 15.0 Å². The fourth-order valence-electron chi connectivity index (χ4n) is 4.36. The molecule has 0 saturated carbocycles. The molecule has 0 radical (unpaired) electrons. The molecule has 2 aromatic carbocycles. The fourth-order valence-corrected chi connectivity index (χ4v) is 4.36. The van der Waals surface area contributed by atoms with E-state index in [-0.39, 0.29) is 29.0 Å². The quantitative estimate of drug-likeness (QED) is 0.524. The van der Waals surface area contributed by atoms with Crippen LogP contribution in [0.5, 0.6) is 0 Å². The molecule has 0 unspecified atom stereocenters. The first-order valence-electron chi connectivity index (χ1n) is 10.9. The van der Waals surface area contributed by atoms with Crippen molar-refractivity contribution in [2.24, 2.45) is 0 Å². The van der Waals surface area contributed by atoms with Crippen molar-refractivity contribution in [1.82, 2.24) is 10.2 Å². The molecule has 1 N–H and O–H groups in total. The SMILES string of the molecule is O=C(NC[C@@H](c1ccc(F)cc1)N1CCOCC1)c1ccc(N2CCCC2)c([N+](=O)[O-])c1. The molecule has 2 fully saturated rings. The number of anilines is 1. The van der Waals surface area contributed by atoms with Crippen molar-refractivity contribution in [1.29, 1.82) is 0 Å². The summed E-state index contributed by atoms with van der Waals surface area (Å²) in [5, 5.41) is 14.5. The van der Waals surface area contributed by atoms with Crippen LogP contribution in [0.4, 0.5) is 15.8 Å². The van der Waals surface area contributed by atoms with Crippen LogP contribution < -0.4 is 10.2 Å². The van der Waals surface area contributed by atoms with E-state index in [2.05, 4.69) is 10.2 Å². The highest BCUT2D eigenvalue weighted by atomic mass is 19.1.